The molecule has 0 aliphatic carbocycles. The molecule has 0 bridgehead atoms. The number of piperazine rings is 1. The summed E-state index contributed by atoms with van der Waals surface area (Å²) in [4.78, 5) is 47.9. The van der Waals surface area contributed by atoms with Crippen molar-refractivity contribution in [3.8, 4) is 0 Å². The number of fused-ring (bicyclic) bond motifs is 1. The van der Waals surface area contributed by atoms with Gasteiger partial charge in [0.15, 0.2) is 11.2 Å². The molecule has 0 atom stereocenters. The van der Waals surface area contributed by atoms with Crippen molar-refractivity contribution in [2.75, 3.05) is 31.1 Å². The van der Waals surface area contributed by atoms with E-state index in [9.17, 15) is 14.4 Å². The fraction of sp³-hybridized carbons (Fsp3) is 0.700. The lowest BCUT2D eigenvalue weighted by Gasteiger charge is -2.35. The van der Waals surface area contributed by atoms with E-state index in [0.717, 1.165) is 32.1 Å². The minimum atomic E-state index is -0.459. The largest absolute Gasteiger partial charge is 0.339 e. The highest BCUT2D eigenvalue weighted by Gasteiger charge is 2.26. The summed E-state index contributed by atoms with van der Waals surface area (Å²) in [5.41, 5.74) is 0.00517. The molecule has 1 aliphatic heterocycles. The number of unbranched alkanes of at least 4 members (excludes halogenated alkanes) is 3. The van der Waals surface area contributed by atoms with E-state index in [1.54, 1.807) is 7.05 Å². The summed E-state index contributed by atoms with van der Waals surface area (Å²) >= 11 is 0. The molecule has 1 aliphatic rings. The van der Waals surface area contributed by atoms with Gasteiger partial charge in [-0.25, -0.2) is 4.79 Å². The van der Waals surface area contributed by atoms with E-state index in [4.69, 9.17) is 4.98 Å². The van der Waals surface area contributed by atoms with Crippen LogP contribution >= 0.6 is 0 Å². The molecular formula is C20H32N6O3. The number of H-pyrrole nitrogens is 1. The second-order valence-electron chi connectivity index (χ2n) is 7.73. The third-order valence-electron chi connectivity index (χ3n) is 5.60. The highest BCUT2D eigenvalue weighted by molar-refractivity contribution is 5.77. The zero-order valence-corrected chi connectivity index (χ0v) is 17.7. The fourth-order valence-corrected chi connectivity index (χ4v) is 3.90. The third kappa shape index (κ3) is 4.38. The molecule has 3 heterocycles. The van der Waals surface area contributed by atoms with Crippen LogP contribution in [0.25, 0.3) is 11.2 Å². The van der Waals surface area contributed by atoms with Gasteiger partial charge in [0.05, 0.1) is 0 Å². The van der Waals surface area contributed by atoms with Crippen LogP contribution in [0.2, 0.25) is 0 Å². The molecule has 0 aromatic carbocycles. The molecule has 1 fully saturated rings. The first kappa shape index (κ1) is 21.1. The van der Waals surface area contributed by atoms with E-state index in [2.05, 4.69) is 16.8 Å². The van der Waals surface area contributed by atoms with E-state index in [1.165, 1.54) is 4.57 Å². The van der Waals surface area contributed by atoms with Gasteiger partial charge in [0.25, 0.3) is 5.56 Å². The Morgan fingerprint density at radius 2 is 1.76 bits per heavy atom. The van der Waals surface area contributed by atoms with Crippen molar-refractivity contribution >= 4 is 23.0 Å². The third-order valence-corrected chi connectivity index (χ3v) is 5.60. The zero-order valence-electron chi connectivity index (χ0n) is 17.7. The lowest BCUT2D eigenvalue weighted by Crippen LogP contribution is -2.49. The van der Waals surface area contributed by atoms with Crippen molar-refractivity contribution in [1.82, 2.24) is 24.0 Å². The molecule has 2 aromatic heterocycles. The maximum atomic E-state index is 12.6. The Labute approximate surface area is 170 Å². The number of amides is 1. The first-order valence-electron chi connectivity index (χ1n) is 10.7. The van der Waals surface area contributed by atoms with Crippen LogP contribution in [0.1, 0.15) is 52.4 Å². The quantitative estimate of drug-likeness (QED) is 0.672. The average Bonchev–Trinajstić information content (AvgIpc) is 3.10. The Balaban J connectivity index is 1.91. The number of carbonyl (C=O) groups excluding carboxylic acids is 1. The SMILES string of the molecule is CCCCCCn1c(N2CCN(C(=O)CCC)CC2)nc2c1c(=O)[nH]c(=O)n2C. The van der Waals surface area contributed by atoms with Crippen LogP contribution in [0.5, 0.6) is 0 Å². The number of aromatic amines is 1. The molecule has 2 aromatic rings. The molecule has 0 saturated carbocycles. The molecule has 9 nitrogen and oxygen atoms in total. The normalized spacial score (nSPS) is 14.7. The van der Waals surface area contributed by atoms with Crippen LogP contribution < -0.4 is 16.1 Å². The van der Waals surface area contributed by atoms with Gasteiger partial charge in [0.2, 0.25) is 11.9 Å². The molecule has 1 N–H and O–H groups in total. The topological polar surface area (TPSA) is 96.2 Å². The zero-order chi connectivity index (χ0) is 21.0. The maximum absolute atomic E-state index is 12.6. The van der Waals surface area contributed by atoms with Gasteiger partial charge in [-0.15, -0.1) is 0 Å². The number of nitrogens with zero attached hydrogens (tertiary/aromatic N) is 5. The Morgan fingerprint density at radius 1 is 1.03 bits per heavy atom. The predicted octanol–water partition coefficient (Wildman–Crippen LogP) is 1.45. The van der Waals surface area contributed by atoms with Crippen molar-refractivity contribution in [2.24, 2.45) is 7.05 Å². The van der Waals surface area contributed by atoms with Crippen LogP contribution in [0, 0.1) is 0 Å². The molecule has 1 amide bonds. The molecule has 160 valence electrons. The van der Waals surface area contributed by atoms with Gasteiger partial charge in [-0.1, -0.05) is 33.1 Å². The van der Waals surface area contributed by atoms with Gasteiger partial charge in [0, 0.05) is 46.2 Å². The van der Waals surface area contributed by atoms with E-state index < -0.39 is 11.2 Å². The standard InChI is InChI=1S/C20H32N6O3/c1-4-6-7-8-10-26-16-17(23(3)20(29)22-18(16)28)21-19(26)25-13-11-24(12-14-25)15(27)9-5-2/h4-14H2,1-3H3,(H,22,28,29). The Bertz CT molecular complexity index is 965. The highest BCUT2D eigenvalue weighted by atomic mass is 16.2. The molecule has 3 rings (SSSR count). The van der Waals surface area contributed by atoms with Crippen LogP contribution in [0.4, 0.5) is 5.95 Å². The second-order valence-corrected chi connectivity index (χ2v) is 7.73. The van der Waals surface area contributed by atoms with Gasteiger partial charge in [-0.3, -0.25) is 19.1 Å². The van der Waals surface area contributed by atoms with Crippen molar-refractivity contribution in [2.45, 2.75) is 58.9 Å². The summed E-state index contributed by atoms with van der Waals surface area (Å²) < 4.78 is 3.34. The first-order chi connectivity index (χ1) is 14.0. The summed E-state index contributed by atoms with van der Waals surface area (Å²) in [6, 6.07) is 0. The second kappa shape index (κ2) is 9.28. The van der Waals surface area contributed by atoms with E-state index in [-0.39, 0.29) is 5.91 Å². The number of hydrogen-bond acceptors (Lipinski definition) is 5. The molecule has 29 heavy (non-hydrogen) atoms. The van der Waals surface area contributed by atoms with E-state index >= 15 is 0 Å². The summed E-state index contributed by atoms with van der Waals surface area (Å²) in [6.45, 7) is 7.48. The van der Waals surface area contributed by atoms with E-state index in [0.29, 0.717) is 56.3 Å². The number of aryl methyl sites for hydroxylation is 2. The number of carbonyl (C=O) groups is 1. The van der Waals surface area contributed by atoms with Gasteiger partial charge < -0.3 is 14.4 Å². The van der Waals surface area contributed by atoms with Gasteiger partial charge in [-0.2, -0.15) is 4.98 Å². The smallest absolute Gasteiger partial charge is 0.329 e. The number of anilines is 1. The Morgan fingerprint density at radius 3 is 2.41 bits per heavy atom. The monoisotopic (exact) mass is 404 g/mol. The van der Waals surface area contributed by atoms with Crippen LogP contribution in [0.15, 0.2) is 9.59 Å². The number of imidazole rings is 1. The van der Waals surface area contributed by atoms with Gasteiger partial charge in [0.1, 0.15) is 0 Å². The lowest BCUT2D eigenvalue weighted by atomic mass is 10.2. The van der Waals surface area contributed by atoms with Crippen molar-refractivity contribution in [3.05, 3.63) is 20.8 Å². The van der Waals surface area contributed by atoms with Gasteiger partial charge in [-0.05, 0) is 12.8 Å². The Kier molecular flexibility index (Phi) is 6.76. The van der Waals surface area contributed by atoms with Crippen LogP contribution in [-0.2, 0) is 18.4 Å². The van der Waals surface area contributed by atoms with Crippen molar-refractivity contribution < 1.29 is 4.79 Å². The minimum Gasteiger partial charge on any atom is -0.339 e. The molecule has 0 unspecified atom stereocenters. The maximum Gasteiger partial charge on any atom is 0.329 e. The number of hydrogen-bond donors (Lipinski definition) is 1. The molecule has 1 saturated heterocycles. The van der Waals surface area contributed by atoms with Gasteiger partial charge >= 0.3 is 5.69 Å². The molecule has 0 spiro atoms. The van der Waals surface area contributed by atoms with Crippen molar-refractivity contribution in [3.63, 3.8) is 0 Å². The predicted molar refractivity (Wildman–Crippen MR) is 113 cm³/mol. The summed E-state index contributed by atoms with van der Waals surface area (Å²) in [5, 5.41) is 0. The lowest BCUT2D eigenvalue weighted by molar-refractivity contribution is -0.131. The minimum absolute atomic E-state index is 0.194. The highest BCUT2D eigenvalue weighted by Crippen LogP contribution is 2.22. The van der Waals surface area contributed by atoms with Crippen LogP contribution in [0.3, 0.4) is 0 Å². The number of aromatic nitrogens is 4. The molecule has 0 radical (unpaired) electrons. The van der Waals surface area contributed by atoms with Crippen molar-refractivity contribution in [1.29, 1.82) is 0 Å². The van der Waals surface area contributed by atoms with Crippen LogP contribution in [-0.4, -0.2) is 56.1 Å². The first-order valence-corrected chi connectivity index (χ1v) is 10.7. The molecule has 9 heteroatoms. The van der Waals surface area contributed by atoms with E-state index in [1.807, 2.05) is 16.4 Å². The summed E-state index contributed by atoms with van der Waals surface area (Å²) in [7, 11) is 1.63. The fourth-order valence-electron chi connectivity index (χ4n) is 3.90. The summed E-state index contributed by atoms with van der Waals surface area (Å²) in [5.74, 6) is 0.907. The number of nitrogens with one attached hydrogen (secondary N) is 1. The summed E-state index contributed by atoms with van der Waals surface area (Å²) in [6.07, 6.45) is 5.74. The number of rotatable bonds is 8. The Hall–Kier alpha value is -2.58. The average molecular weight is 405 g/mol. The molecular weight excluding hydrogens is 372 g/mol.